The number of hydrazine groups is 1. The molecule has 2 N–H and O–H groups in total. The Morgan fingerprint density at radius 3 is 2.21 bits per heavy atom. The summed E-state index contributed by atoms with van der Waals surface area (Å²) in [6, 6.07) is 29.3. The number of nitrogens with zero attached hydrogens (tertiary/aromatic N) is 1. The molecule has 3 aromatic carbocycles. The molecular weight excluding hydrogens is 358 g/mol. The van der Waals surface area contributed by atoms with Crippen molar-refractivity contribution in [2.24, 2.45) is 0 Å². The molecule has 0 saturated carbocycles. The largest absolute Gasteiger partial charge is 0.298 e. The van der Waals surface area contributed by atoms with Gasteiger partial charge in [-0.3, -0.25) is 15.6 Å². The minimum absolute atomic E-state index is 0.212. The number of aromatic nitrogens is 1. The highest BCUT2D eigenvalue weighted by Crippen LogP contribution is 2.24. The molecule has 1 amide bonds. The summed E-state index contributed by atoms with van der Waals surface area (Å²) in [7, 11) is 0. The van der Waals surface area contributed by atoms with Crippen LogP contribution in [0.1, 0.15) is 22.8 Å². The van der Waals surface area contributed by atoms with Gasteiger partial charge in [-0.1, -0.05) is 84.9 Å². The highest BCUT2D eigenvalue weighted by Gasteiger charge is 2.14. The van der Waals surface area contributed by atoms with Crippen molar-refractivity contribution in [3.05, 3.63) is 108 Å². The molecule has 1 aromatic heterocycles. The van der Waals surface area contributed by atoms with Crippen LogP contribution in [-0.4, -0.2) is 10.9 Å². The second-order valence-electron chi connectivity index (χ2n) is 6.59. The fourth-order valence-electron chi connectivity index (χ4n) is 3.24. The minimum Gasteiger partial charge on any atom is -0.298 e. The number of allylic oxidation sites excluding steroid dienone is 1. The standard InChI is InChI=1S/C25H21N3O/c1-2-22(18-11-5-3-6-12-18)27-28-25(29)21-17-24(19-13-7-4-8-14-19)26-23-16-10-9-15-20(21)23/h2-17,27H,1H3,(H,28,29)/b22-2-. The Bertz CT molecular complexity index is 1170. The van der Waals surface area contributed by atoms with Crippen molar-refractivity contribution in [3.63, 3.8) is 0 Å². The number of pyridine rings is 1. The molecule has 4 nitrogen and oxygen atoms in total. The van der Waals surface area contributed by atoms with Crippen molar-refractivity contribution in [3.8, 4) is 11.3 Å². The summed E-state index contributed by atoms with van der Waals surface area (Å²) in [6.45, 7) is 1.93. The molecule has 4 heteroatoms. The molecule has 0 radical (unpaired) electrons. The first-order chi connectivity index (χ1) is 14.3. The zero-order valence-electron chi connectivity index (χ0n) is 16.1. The van der Waals surface area contributed by atoms with E-state index in [4.69, 9.17) is 4.98 Å². The van der Waals surface area contributed by atoms with E-state index in [1.807, 2.05) is 104 Å². The molecular formula is C25H21N3O. The van der Waals surface area contributed by atoms with E-state index in [1.165, 1.54) is 0 Å². The lowest BCUT2D eigenvalue weighted by atomic mass is 10.0. The number of carbonyl (C=O) groups is 1. The summed E-state index contributed by atoms with van der Waals surface area (Å²) in [4.78, 5) is 17.8. The van der Waals surface area contributed by atoms with Crippen LogP contribution < -0.4 is 10.9 Å². The lowest BCUT2D eigenvalue weighted by Gasteiger charge is -2.14. The Labute approximate surface area is 169 Å². The summed E-state index contributed by atoms with van der Waals surface area (Å²) in [5, 5.41) is 0.813. The van der Waals surface area contributed by atoms with E-state index in [9.17, 15) is 4.79 Å². The molecule has 142 valence electrons. The van der Waals surface area contributed by atoms with Crippen LogP contribution in [0.4, 0.5) is 0 Å². The second-order valence-corrected chi connectivity index (χ2v) is 6.59. The van der Waals surface area contributed by atoms with Crippen molar-refractivity contribution in [2.45, 2.75) is 6.92 Å². The van der Waals surface area contributed by atoms with Gasteiger partial charge in [0.05, 0.1) is 22.5 Å². The molecule has 0 aliphatic heterocycles. The number of benzene rings is 3. The normalized spacial score (nSPS) is 11.3. The number of amides is 1. The van der Waals surface area contributed by atoms with Crippen molar-refractivity contribution in [2.75, 3.05) is 0 Å². The van der Waals surface area contributed by atoms with Gasteiger partial charge in [-0.25, -0.2) is 4.98 Å². The third-order valence-electron chi connectivity index (χ3n) is 4.71. The smallest absolute Gasteiger partial charge is 0.270 e. The molecule has 0 aliphatic carbocycles. The Morgan fingerprint density at radius 1 is 0.828 bits per heavy atom. The third-order valence-corrected chi connectivity index (χ3v) is 4.71. The van der Waals surface area contributed by atoms with Crippen molar-refractivity contribution in [1.82, 2.24) is 15.8 Å². The Balaban J connectivity index is 1.66. The molecule has 0 saturated heterocycles. The van der Waals surface area contributed by atoms with E-state index in [-0.39, 0.29) is 5.91 Å². The lowest BCUT2D eigenvalue weighted by Crippen LogP contribution is -2.36. The molecule has 0 aliphatic rings. The predicted octanol–water partition coefficient (Wildman–Crippen LogP) is 5.20. The minimum atomic E-state index is -0.212. The number of rotatable bonds is 5. The zero-order valence-corrected chi connectivity index (χ0v) is 16.1. The first kappa shape index (κ1) is 18.4. The maximum Gasteiger partial charge on any atom is 0.270 e. The highest BCUT2D eigenvalue weighted by molar-refractivity contribution is 6.07. The number of fused-ring (bicyclic) bond motifs is 1. The van der Waals surface area contributed by atoms with E-state index in [0.29, 0.717) is 5.56 Å². The van der Waals surface area contributed by atoms with Crippen LogP contribution in [0.2, 0.25) is 0 Å². The quantitative estimate of drug-likeness (QED) is 0.469. The van der Waals surface area contributed by atoms with Crippen LogP contribution in [-0.2, 0) is 0 Å². The van der Waals surface area contributed by atoms with Crippen molar-refractivity contribution in [1.29, 1.82) is 0 Å². The summed E-state index contributed by atoms with van der Waals surface area (Å²) in [5.74, 6) is -0.212. The van der Waals surface area contributed by atoms with E-state index < -0.39 is 0 Å². The van der Waals surface area contributed by atoms with Gasteiger partial charge in [0.2, 0.25) is 0 Å². The molecule has 0 atom stereocenters. The average molecular weight is 379 g/mol. The zero-order chi connectivity index (χ0) is 20.1. The van der Waals surface area contributed by atoms with Crippen LogP contribution in [0.15, 0.2) is 97.1 Å². The summed E-state index contributed by atoms with van der Waals surface area (Å²) < 4.78 is 0. The number of hydrogen-bond donors (Lipinski definition) is 2. The highest BCUT2D eigenvalue weighted by atomic mass is 16.2. The Hall–Kier alpha value is -3.92. The van der Waals surface area contributed by atoms with E-state index >= 15 is 0 Å². The molecule has 1 heterocycles. The molecule has 4 aromatic rings. The van der Waals surface area contributed by atoms with E-state index in [0.717, 1.165) is 33.4 Å². The number of nitrogens with one attached hydrogen (secondary N) is 2. The van der Waals surface area contributed by atoms with Crippen LogP contribution >= 0.6 is 0 Å². The third kappa shape index (κ3) is 4.01. The fraction of sp³-hybridized carbons (Fsp3) is 0.0400. The summed E-state index contributed by atoms with van der Waals surface area (Å²) in [5.41, 5.74) is 10.8. The first-order valence-electron chi connectivity index (χ1n) is 9.49. The topological polar surface area (TPSA) is 54.0 Å². The Kier molecular flexibility index (Phi) is 5.34. The molecule has 0 bridgehead atoms. The molecule has 0 spiro atoms. The lowest BCUT2D eigenvalue weighted by molar-refractivity contribution is 0.0944. The summed E-state index contributed by atoms with van der Waals surface area (Å²) in [6.07, 6.45) is 1.93. The first-order valence-corrected chi connectivity index (χ1v) is 9.49. The van der Waals surface area contributed by atoms with Crippen LogP contribution in [0, 0.1) is 0 Å². The second kappa shape index (κ2) is 8.40. The van der Waals surface area contributed by atoms with E-state index in [1.54, 1.807) is 0 Å². The van der Waals surface area contributed by atoms with Crippen LogP contribution in [0.3, 0.4) is 0 Å². The molecule has 29 heavy (non-hydrogen) atoms. The van der Waals surface area contributed by atoms with Gasteiger partial charge in [-0.2, -0.15) is 0 Å². The fourth-order valence-corrected chi connectivity index (χ4v) is 3.24. The van der Waals surface area contributed by atoms with Crippen molar-refractivity contribution >= 4 is 22.5 Å². The van der Waals surface area contributed by atoms with Crippen LogP contribution in [0.5, 0.6) is 0 Å². The Morgan fingerprint density at radius 2 is 1.48 bits per heavy atom. The van der Waals surface area contributed by atoms with Gasteiger partial charge < -0.3 is 0 Å². The summed E-state index contributed by atoms with van der Waals surface area (Å²) >= 11 is 0. The van der Waals surface area contributed by atoms with Gasteiger partial charge in [0.15, 0.2) is 0 Å². The van der Waals surface area contributed by atoms with E-state index in [2.05, 4.69) is 10.9 Å². The molecule has 0 fully saturated rings. The van der Waals surface area contributed by atoms with Gasteiger partial charge in [-0.15, -0.1) is 0 Å². The van der Waals surface area contributed by atoms with Crippen LogP contribution in [0.25, 0.3) is 27.9 Å². The SMILES string of the molecule is C/C=C(\NNC(=O)c1cc(-c2ccccc2)nc2ccccc12)c1ccccc1. The number of hydrogen-bond acceptors (Lipinski definition) is 3. The molecule has 0 unspecified atom stereocenters. The number of carbonyl (C=O) groups excluding carboxylic acids is 1. The van der Waals surface area contributed by atoms with Gasteiger partial charge in [0, 0.05) is 10.9 Å². The molecule has 4 rings (SSSR count). The maximum atomic E-state index is 13.1. The van der Waals surface area contributed by atoms with Crippen molar-refractivity contribution < 1.29 is 4.79 Å². The van der Waals surface area contributed by atoms with Gasteiger partial charge in [0.1, 0.15) is 0 Å². The average Bonchev–Trinajstić information content (AvgIpc) is 2.80. The van der Waals surface area contributed by atoms with Gasteiger partial charge in [-0.05, 0) is 24.6 Å². The monoisotopic (exact) mass is 379 g/mol. The maximum absolute atomic E-state index is 13.1. The van der Waals surface area contributed by atoms with Gasteiger partial charge >= 0.3 is 0 Å². The predicted molar refractivity (Wildman–Crippen MR) is 118 cm³/mol. The van der Waals surface area contributed by atoms with Gasteiger partial charge in [0.25, 0.3) is 5.91 Å². The number of para-hydroxylation sites is 1.